The second-order valence-corrected chi connectivity index (χ2v) is 6.23. The highest BCUT2D eigenvalue weighted by atomic mass is 16.5. The van der Waals surface area contributed by atoms with Crippen molar-refractivity contribution in [3.05, 3.63) is 83.8 Å². The summed E-state index contributed by atoms with van der Waals surface area (Å²) in [6, 6.07) is 15.4. The van der Waals surface area contributed by atoms with Crippen LogP contribution in [0.1, 0.15) is 27.4 Å². The molecule has 1 heterocycles. The van der Waals surface area contributed by atoms with Crippen molar-refractivity contribution in [1.29, 1.82) is 0 Å². The van der Waals surface area contributed by atoms with Gasteiger partial charge < -0.3 is 9.42 Å². The Kier molecular flexibility index (Phi) is 5.27. The van der Waals surface area contributed by atoms with Crippen molar-refractivity contribution in [2.45, 2.75) is 20.4 Å². The number of hydrogen-bond acceptors (Lipinski definition) is 4. The van der Waals surface area contributed by atoms with Crippen molar-refractivity contribution >= 4 is 5.91 Å². The van der Waals surface area contributed by atoms with Crippen LogP contribution in [-0.2, 0) is 6.54 Å². The number of rotatable bonds is 6. The molecule has 0 atom stereocenters. The maximum absolute atomic E-state index is 12.9. The third-order valence-electron chi connectivity index (χ3n) is 3.93. The molecule has 132 valence electrons. The molecule has 0 aliphatic carbocycles. The first-order valence-electron chi connectivity index (χ1n) is 8.43. The van der Waals surface area contributed by atoms with E-state index in [9.17, 15) is 4.79 Å². The molecule has 0 aliphatic rings. The number of aromatic nitrogens is 2. The molecule has 0 bridgehead atoms. The molecule has 5 heteroatoms. The molecule has 1 aromatic heterocycles. The van der Waals surface area contributed by atoms with Crippen LogP contribution in [0.2, 0.25) is 0 Å². The van der Waals surface area contributed by atoms with Crippen molar-refractivity contribution in [1.82, 2.24) is 15.0 Å². The van der Waals surface area contributed by atoms with E-state index in [2.05, 4.69) is 16.7 Å². The number of hydrogen-bond donors (Lipinski definition) is 0. The summed E-state index contributed by atoms with van der Waals surface area (Å²) in [4.78, 5) is 19.0. The molecule has 0 saturated carbocycles. The molecule has 2 aromatic carbocycles. The monoisotopic (exact) mass is 347 g/mol. The molecule has 0 saturated heterocycles. The first-order valence-corrected chi connectivity index (χ1v) is 8.43. The Bertz CT molecular complexity index is 896. The van der Waals surface area contributed by atoms with E-state index in [0.717, 1.165) is 16.7 Å². The maximum Gasteiger partial charge on any atom is 0.254 e. The minimum absolute atomic E-state index is 0.0869. The van der Waals surface area contributed by atoms with E-state index in [0.29, 0.717) is 23.8 Å². The largest absolute Gasteiger partial charge is 0.337 e. The minimum Gasteiger partial charge on any atom is -0.337 e. The van der Waals surface area contributed by atoms with Crippen LogP contribution < -0.4 is 0 Å². The van der Waals surface area contributed by atoms with Crippen LogP contribution in [0.15, 0.2) is 65.7 Å². The summed E-state index contributed by atoms with van der Waals surface area (Å²) >= 11 is 0. The van der Waals surface area contributed by atoms with Crippen LogP contribution in [0.5, 0.6) is 0 Å². The molecule has 3 aromatic rings. The average Bonchev–Trinajstić information content (AvgIpc) is 3.09. The normalized spacial score (nSPS) is 10.5. The van der Waals surface area contributed by atoms with Gasteiger partial charge in [0.1, 0.15) is 6.54 Å². The lowest BCUT2D eigenvalue weighted by atomic mass is 10.1. The molecule has 1 amide bonds. The second kappa shape index (κ2) is 7.78. The van der Waals surface area contributed by atoms with Gasteiger partial charge in [-0.1, -0.05) is 58.8 Å². The third-order valence-corrected chi connectivity index (χ3v) is 3.93. The van der Waals surface area contributed by atoms with Crippen LogP contribution in [0.25, 0.3) is 11.4 Å². The molecule has 5 nitrogen and oxygen atoms in total. The zero-order valence-corrected chi connectivity index (χ0v) is 15.0. The number of nitrogens with zero attached hydrogens (tertiary/aromatic N) is 3. The highest BCUT2D eigenvalue weighted by Gasteiger charge is 2.19. The molecule has 3 rings (SSSR count). The summed E-state index contributed by atoms with van der Waals surface area (Å²) in [6.07, 6.45) is 1.69. The Hall–Kier alpha value is -3.21. The molecule has 0 N–H and O–H groups in total. The van der Waals surface area contributed by atoms with Gasteiger partial charge in [-0.15, -0.1) is 6.58 Å². The number of carbonyl (C=O) groups excluding carboxylic acids is 1. The maximum atomic E-state index is 12.9. The van der Waals surface area contributed by atoms with E-state index >= 15 is 0 Å². The zero-order chi connectivity index (χ0) is 18.5. The molecule has 26 heavy (non-hydrogen) atoms. The van der Waals surface area contributed by atoms with Crippen molar-refractivity contribution in [3.8, 4) is 11.4 Å². The van der Waals surface area contributed by atoms with E-state index in [1.807, 2.05) is 62.4 Å². The smallest absolute Gasteiger partial charge is 0.254 e. The van der Waals surface area contributed by atoms with Crippen LogP contribution in [0, 0.1) is 13.8 Å². The lowest BCUT2D eigenvalue weighted by Crippen LogP contribution is -2.31. The molecule has 0 aliphatic heterocycles. The number of benzene rings is 2. The molecule has 0 radical (unpaired) electrons. The first kappa shape index (κ1) is 17.6. The van der Waals surface area contributed by atoms with Crippen molar-refractivity contribution < 1.29 is 9.32 Å². The molecular formula is C21H21N3O2. The van der Waals surface area contributed by atoms with Crippen LogP contribution in [0.4, 0.5) is 0 Å². The molecule has 0 spiro atoms. The highest BCUT2D eigenvalue weighted by molar-refractivity contribution is 5.94. The van der Waals surface area contributed by atoms with Crippen molar-refractivity contribution in [2.75, 3.05) is 6.54 Å². The second-order valence-electron chi connectivity index (χ2n) is 6.23. The summed E-state index contributed by atoms with van der Waals surface area (Å²) in [7, 11) is 0. The fourth-order valence-corrected chi connectivity index (χ4v) is 2.84. The molecular weight excluding hydrogens is 326 g/mol. The van der Waals surface area contributed by atoms with Gasteiger partial charge in [-0.3, -0.25) is 4.79 Å². The lowest BCUT2D eigenvalue weighted by molar-refractivity contribution is 0.0745. The minimum atomic E-state index is -0.0869. The van der Waals surface area contributed by atoms with Gasteiger partial charge in [0.05, 0.1) is 0 Å². The molecule has 0 fully saturated rings. The van der Waals surface area contributed by atoms with E-state index < -0.39 is 0 Å². The van der Waals surface area contributed by atoms with Gasteiger partial charge in [0.25, 0.3) is 5.91 Å². The summed E-state index contributed by atoms with van der Waals surface area (Å²) in [6.45, 7) is 8.33. The summed E-state index contributed by atoms with van der Waals surface area (Å²) in [5.41, 5.74) is 3.62. The van der Waals surface area contributed by atoms with Crippen LogP contribution in [0.3, 0.4) is 0 Å². The SMILES string of the molecule is C=CCN(Cc1nc(-c2ccccc2)no1)C(=O)c1cc(C)cc(C)c1. The predicted molar refractivity (Wildman–Crippen MR) is 101 cm³/mol. The summed E-state index contributed by atoms with van der Waals surface area (Å²) in [5.74, 6) is 0.817. The fraction of sp³-hybridized carbons (Fsp3) is 0.190. The van der Waals surface area contributed by atoms with Crippen LogP contribution >= 0.6 is 0 Å². The third kappa shape index (κ3) is 4.06. The Labute approximate surface area is 153 Å². The van der Waals surface area contributed by atoms with Gasteiger partial charge in [0, 0.05) is 17.7 Å². The van der Waals surface area contributed by atoms with Crippen LogP contribution in [-0.4, -0.2) is 27.5 Å². The van der Waals surface area contributed by atoms with Gasteiger partial charge in [-0.2, -0.15) is 4.98 Å². The Morgan fingerprint density at radius 3 is 2.50 bits per heavy atom. The Morgan fingerprint density at radius 2 is 1.85 bits per heavy atom. The van der Waals surface area contributed by atoms with Gasteiger partial charge in [-0.05, 0) is 26.0 Å². The van der Waals surface area contributed by atoms with E-state index in [4.69, 9.17) is 4.52 Å². The van der Waals surface area contributed by atoms with Gasteiger partial charge in [-0.25, -0.2) is 0 Å². The average molecular weight is 347 g/mol. The van der Waals surface area contributed by atoms with Gasteiger partial charge in [0.15, 0.2) is 0 Å². The Balaban J connectivity index is 1.81. The van der Waals surface area contributed by atoms with Gasteiger partial charge >= 0.3 is 0 Å². The number of carbonyl (C=O) groups is 1. The number of amides is 1. The lowest BCUT2D eigenvalue weighted by Gasteiger charge is -2.19. The highest BCUT2D eigenvalue weighted by Crippen LogP contribution is 2.17. The molecule has 0 unspecified atom stereocenters. The Morgan fingerprint density at radius 1 is 1.15 bits per heavy atom. The topological polar surface area (TPSA) is 59.2 Å². The summed E-state index contributed by atoms with van der Waals surface area (Å²) < 4.78 is 5.34. The summed E-state index contributed by atoms with van der Waals surface area (Å²) in [5, 5.41) is 4.01. The standard InChI is InChI=1S/C21H21N3O2/c1-4-10-24(21(25)18-12-15(2)11-16(3)13-18)14-19-22-20(23-26-19)17-8-6-5-7-9-17/h4-9,11-13H,1,10,14H2,2-3H3. The first-order chi connectivity index (χ1) is 12.6. The van der Waals surface area contributed by atoms with E-state index in [-0.39, 0.29) is 12.5 Å². The van der Waals surface area contributed by atoms with E-state index in [1.54, 1.807) is 11.0 Å². The quantitative estimate of drug-likeness (QED) is 0.628. The zero-order valence-electron chi connectivity index (χ0n) is 15.0. The fourth-order valence-electron chi connectivity index (χ4n) is 2.84. The predicted octanol–water partition coefficient (Wildman–Crippen LogP) is 4.18. The van der Waals surface area contributed by atoms with Crippen molar-refractivity contribution in [3.63, 3.8) is 0 Å². The number of aryl methyl sites for hydroxylation is 2. The van der Waals surface area contributed by atoms with Gasteiger partial charge in [0.2, 0.25) is 11.7 Å². The van der Waals surface area contributed by atoms with E-state index in [1.165, 1.54) is 0 Å². The van der Waals surface area contributed by atoms with Crippen molar-refractivity contribution in [2.24, 2.45) is 0 Å².